The quantitative estimate of drug-likeness (QED) is 0.377. The normalized spacial score (nSPS) is 11.0. The van der Waals surface area contributed by atoms with Crippen molar-refractivity contribution < 1.29 is 4.79 Å². The number of aromatic nitrogens is 4. The lowest BCUT2D eigenvalue weighted by atomic mass is 10.2. The standard InChI is InChI=1S/C21H21N7OS/c1-12-16-17(22)26-21(23)28-18(16)27-20(12)30-15-6-4-14(5-7-15)19(29)25-10-8-13-3-2-9-24-11-13/h2-7,9,11H,8,10H2,1H3,(H,25,29)(H5,22,23,26,27,28). The number of hydrogen-bond acceptors (Lipinski definition) is 7. The largest absolute Gasteiger partial charge is 0.383 e. The molecule has 0 saturated heterocycles. The summed E-state index contributed by atoms with van der Waals surface area (Å²) in [5.74, 6) is 0.392. The van der Waals surface area contributed by atoms with E-state index >= 15 is 0 Å². The number of aromatic amines is 1. The number of carbonyl (C=O) groups is 1. The average molecular weight is 420 g/mol. The van der Waals surface area contributed by atoms with Gasteiger partial charge in [-0.25, -0.2) is 0 Å². The summed E-state index contributed by atoms with van der Waals surface area (Å²) in [5, 5.41) is 4.62. The third-order valence-corrected chi connectivity index (χ3v) is 5.78. The molecule has 9 heteroatoms. The van der Waals surface area contributed by atoms with Crippen LogP contribution in [0.5, 0.6) is 0 Å². The number of anilines is 2. The molecule has 0 radical (unpaired) electrons. The molecule has 3 heterocycles. The number of nitrogens with two attached hydrogens (primary N) is 2. The topological polar surface area (TPSA) is 136 Å². The predicted octanol–water partition coefficient (Wildman–Crippen LogP) is 2.95. The predicted molar refractivity (Wildman–Crippen MR) is 118 cm³/mol. The zero-order chi connectivity index (χ0) is 21.1. The van der Waals surface area contributed by atoms with Crippen molar-refractivity contribution in [2.45, 2.75) is 23.3 Å². The number of hydrogen-bond donors (Lipinski definition) is 4. The Bertz CT molecular complexity index is 1190. The first-order valence-electron chi connectivity index (χ1n) is 9.37. The Morgan fingerprint density at radius 1 is 1.17 bits per heavy atom. The Hall–Kier alpha value is -3.59. The van der Waals surface area contributed by atoms with Crippen LogP contribution in [-0.2, 0) is 6.42 Å². The number of rotatable bonds is 6. The molecule has 6 N–H and O–H groups in total. The van der Waals surface area contributed by atoms with Gasteiger partial charge in [0.05, 0.1) is 10.4 Å². The summed E-state index contributed by atoms with van der Waals surface area (Å²) in [6, 6.07) is 11.3. The Morgan fingerprint density at radius 3 is 2.70 bits per heavy atom. The first-order chi connectivity index (χ1) is 14.5. The summed E-state index contributed by atoms with van der Waals surface area (Å²) in [7, 11) is 0. The maximum atomic E-state index is 12.4. The molecule has 0 unspecified atom stereocenters. The van der Waals surface area contributed by atoms with Crippen LogP contribution in [0.1, 0.15) is 21.5 Å². The van der Waals surface area contributed by atoms with Crippen molar-refractivity contribution in [1.82, 2.24) is 25.3 Å². The highest BCUT2D eigenvalue weighted by Gasteiger charge is 2.14. The fourth-order valence-electron chi connectivity index (χ4n) is 3.13. The van der Waals surface area contributed by atoms with Crippen molar-refractivity contribution in [1.29, 1.82) is 0 Å². The molecule has 0 aliphatic rings. The number of nitrogen functional groups attached to an aromatic ring is 2. The van der Waals surface area contributed by atoms with Crippen LogP contribution in [0.25, 0.3) is 11.0 Å². The summed E-state index contributed by atoms with van der Waals surface area (Å²) in [5.41, 5.74) is 14.9. The molecule has 8 nitrogen and oxygen atoms in total. The number of benzene rings is 1. The van der Waals surface area contributed by atoms with E-state index in [0.717, 1.165) is 32.9 Å². The van der Waals surface area contributed by atoms with Gasteiger partial charge in [0.15, 0.2) is 0 Å². The summed E-state index contributed by atoms with van der Waals surface area (Å²) in [6.07, 6.45) is 4.28. The highest BCUT2D eigenvalue weighted by Crippen LogP contribution is 2.35. The van der Waals surface area contributed by atoms with Gasteiger partial charge in [-0.3, -0.25) is 9.78 Å². The maximum Gasteiger partial charge on any atom is 0.251 e. The van der Waals surface area contributed by atoms with Gasteiger partial charge in [-0.1, -0.05) is 17.8 Å². The molecule has 30 heavy (non-hydrogen) atoms. The Labute approximate surface area is 177 Å². The van der Waals surface area contributed by atoms with E-state index in [1.54, 1.807) is 12.4 Å². The number of H-pyrrole nitrogens is 1. The molecule has 0 fully saturated rings. The average Bonchev–Trinajstić information content (AvgIpc) is 3.04. The number of pyridine rings is 1. The van der Waals surface area contributed by atoms with Crippen LogP contribution in [-0.4, -0.2) is 32.4 Å². The van der Waals surface area contributed by atoms with E-state index in [0.29, 0.717) is 23.6 Å². The second-order valence-electron chi connectivity index (χ2n) is 6.76. The third-order valence-electron chi connectivity index (χ3n) is 4.66. The molecule has 3 aromatic heterocycles. The fourth-order valence-corrected chi connectivity index (χ4v) is 4.04. The lowest BCUT2D eigenvalue weighted by molar-refractivity contribution is 0.0954. The van der Waals surface area contributed by atoms with Crippen LogP contribution in [0.2, 0.25) is 0 Å². The van der Waals surface area contributed by atoms with Gasteiger partial charge >= 0.3 is 0 Å². The van der Waals surface area contributed by atoms with Crippen molar-refractivity contribution in [2.75, 3.05) is 18.0 Å². The molecule has 152 valence electrons. The maximum absolute atomic E-state index is 12.4. The molecule has 4 rings (SSSR count). The van der Waals surface area contributed by atoms with E-state index in [2.05, 4.69) is 25.3 Å². The van der Waals surface area contributed by atoms with Gasteiger partial charge in [0.2, 0.25) is 5.95 Å². The number of nitrogens with one attached hydrogen (secondary N) is 2. The minimum atomic E-state index is -0.101. The van der Waals surface area contributed by atoms with Gasteiger partial charge in [-0.2, -0.15) is 9.97 Å². The number of aryl methyl sites for hydroxylation is 1. The number of amides is 1. The van der Waals surface area contributed by atoms with E-state index < -0.39 is 0 Å². The molecule has 0 spiro atoms. The van der Waals surface area contributed by atoms with Crippen molar-refractivity contribution >= 4 is 40.5 Å². The molecule has 0 aliphatic carbocycles. The zero-order valence-electron chi connectivity index (χ0n) is 16.3. The summed E-state index contributed by atoms with van der Waals surface area (Å²) >= 11 is 1.53. The highest BCUT2D eigenvalue weighted by molar-refractivity contribution is 7.99. The van der Waals surface area contributed by atoms with E-state index in [4.69, 9.17) is 11.5 Å². The first kappa shape index (κ1) is 19.7. The summed E-state index contributed by atoms with van der Waals surface area (Å²) in [4.78, 5) is 28.9. The minimum absolute atomic E-state index is 0.101. The van der Waals surface area contributed by atoms with Crippen LogP contribution in [0.15, 0.2) is 58.7 Å². The van der Waals surface area contributed by atoms with E-state index in [1.165, 1.54) is 11.8 Å². The van der Waals surface area contributed by atoms with Crippen molar-refractivity contribution in [2.24, 2.45) is 0 Å². The van der Waals surface area contributed by atoms with Crippen molar-refractivity contribution in [3.05, 3.63) is 65.5 Å². The lowest BCUT2D eigenvalue weighted by Crippen LogP contribution is -2.25. The second kappa shape index (κ2) is 8.42. The van der Waals surface area contributed by atoms with E-state index in [9.17, 15) is 4.79 Å². The molecule has 1 amide bonds. The molecule has 1 aromatic carbocycles. The van der Waals surface area contributed by atoms with Crippen LogP contribution in [0.3, 0.4) is 0 Å². The molecule has 0 saturated carbocycles. The number of fused-ring (bicyclic) bond motifs is 1. The van der Waals surface area contributed by atoms with Gasteiger partial charge in [-0.15, -0.1) is 0 Å². The van der Waals surface area contributed by atoms with Crippen LogP contribution < -0.4 is 16.8 Å². The molecular weight excluding hydrogens is 398 g/mol. The second-order valence-corrected chi connectivity index (χ2v) is 7.85. The van der Waals surface area contributed by atoms with Gasteiger partial charge in [-0.05, 0) is 54.8 Å². The first-order valence-corrected chi connectivity index (χ1v) is 10.2. The van der Waals surface area contributed by atoms with E-state index in [-0.39, 0.29) is 11.9 Å². The Balaban J connectivity index is 1.41. The lowest BCUT2D eigenvalue weighted by Gasteiger charge is -2.06. The van der Waals surface area contributed by atoms with Gasteiger partial charge in [0, 0.05) is 29.4 Å². The van der Waals surface area contributed by atoms with Gasteiger partial charge < -0.3 is 21.8 Å². The summed E-state index contributed by atoms with van der Waals surface area (Å²) in [6.45, 7) is 2.52. The third kappa shape index (κ3) is 4.20. The zero-order valence-corrected chi connectivity index (χ0v) is 17.2. The summed E-state index contributed by atoms with van der Waals surface area (Å²) < 4.78 is 0. The fraction of sp³-hybridized carbons (Fsp3) is 0.143. The Morgan fingerprint density at radius 2 is 1.97 bits per heavy atom. The monoisotopic (exact) mass is 419 g/mol. The minimum Gasteiger partial charge on any atom is -0.383 e. The van der Waals surface area contributed by atoms with Gasteiger partial charge in [0.1, 0.15) is 11.5 Å². The molecular formula is C21H21N7OS. The van der Waals surface area contributed by atoms with Crippen LogP contribution in [0, 0.1) is 6.92 Å². The van der Waals surface area contributed by atoms with Gasteiger partial charge in [0.25, 0.3) is 5.91 Å². The van der Waals surface area contributed by atoms with E-state index in [1.807, 2.05) is 43.3 Å². The van der Waals surface area contributed by atoms with Crippen LogP contribution in [0.4, 0.5) is 11.8 Å². The van der Waals surface area contributed by atoms with Crippen molar-refractivity contribution in [3.63, 3.8) is 0 Å². The molecule has 0 bridgehead atoms. The number of carbonyl (C=O) groups excluding carboxylic acids is 1. The Kier molecular flexibility index (Phi) is 5.53. The molecule has 0 aliphatic heterocycles. The van der Waals surface area contributed by atoms with Crippen LogP contribution >= 0.6 is 11.8 Å². The highest BCUT2D eigenvalue weighted by atomic mass is 32.2. The van der Waals surface area contributed by atoms with Crippen molar-refractivity contribution in [3.8, 4) is 0 Å². The molecule has 4 aromatic rings. The smallest absolute Gasteiger partial charge is 0.251 e. The SMILES string of the molecule is Cc1c(Sc2ccc(C(=O)NCCc3cccnc3)cc2)[nH]c2nc(N)nc(N)c12. The number of nitrogens with zero attached hydrogens (tertiary/aromatic N) is 3. The molecule has 0 atom stereocenters.